The Morgan fingerprint density at radius 2 is 2.40 bits per heavy atom. The van der Waals surface area contributed by atoms with Crippen LogP contribution in [0.3, 0.4) is 0 Å². The molecule has 0 aliphatic heterocycles. The van der Waals surface area contributed by atoms with Crippen LogP contribution in [0.1, 0.15) is 16.8 Å². The number of rotatable bonds is 3. The lowest BCUT2D eigenvalue weighted by molar-refractivity contribution is 0.179. The summed E-state index contributed by atoms with van der Waals surface area (Å²) in [5.41, 5.74) is 0. The molecular formula is C8H9ClN4OS. The molecule has 0 fully saturated rings. The molecule has 15 heavy (non-hydrogen) atoms. The van der Waals surface area contributed by atoms with Crippen LogP contribution in [0.25, 0.3) is 0 Å². The topological polar surface area (TPSA) is 63.8 Å². The molecule has 1 atom stereocenters. The Bertz CT molecular complexity index is 455. The van der Waals surface area contributed by atoms with Crippen molar-refractivity contribution in [2.75, 3.05) is 0 Å². The number of hydrogen-bond donors (Lipinski definition) is 1. The third-order valence-electron chi connectivity index (χ3n) is 1.85. The van der Waals surface area contributed by atoms with Gasteiger partial charge in [-0.1, -0.05) is 11.6 Å². The van der Waals surface area contributed by atoms with Crippen LogP contribution >= 0.6 is 22.9 Å². The number of aliphatic hydroxyl groups is 1. The summed E-state index contributed by atoms with van der Waals surface area (Å²) in [5, 5.41) is 21.3. The second-order valence-corrected chi connectivity index (χ2v) is 4.80. The molecule has 0 saturated carbocycles. The van der Waals surface area contributed by atoms with Crippen LogP contribution in [0.5, 0.6) is 0 Å². The van der Waals surface area contributed by atoms with Crippen molar-refractivity contribution in [2.45, 2.75) is 12.5 Å². The van der Waals surface area contributed by atoms with E-state index >= 15 is 0 Å². The molecular weight excluding hydrogens is 236 g/mol. The third kappa shape index (κ3) is 2.53. The number of halogens is 1. The van der Waals surface area contributed by atoms with Crippen molar-refractivity contribution in [1.29, 1.82) is 0 Å². The number of aryl methyl sites for hydroxylation is 1. The molecule has 0 radical (unpaired) electrons. The molecule has 2 aromatic heterocycles. The molecule has 2 rings (SSSR count). The van der Waals surface area contributed by atoms with Gasteiger partial charge in [-0.05, 0) is 17.3 Å². The van der Waals surface area contributed by atoms with Crippen LogP contribution in [0.2, 0.25) is 4.34 Å². The zero-order chi connectivity index (χ0) is 10.8. The minimum Gasteiger partial charge on any atom is -0.387 e. The van der Waals surface area contributed by atoms with Crippen LogP contribution in [0, 0.1) is 0 Å². The summed E-state index contributed by atoms with van der Waals surface area (Å²) in [6.45, 7) is 0. The molecule has 1 N–H and O–H groups in total. The van der Waals surface area contributed by atoms with Crippen LogP contribution in [-0.2, 0) is 13.5 Å². The lowest BCUT2D eigenvalue weighted by Gasteiger charge is -2.03. The Morgan fingerprint density at radius 1 is 1.60 bits per heavy atom. The van der Waals surface area contributed by atoms with Crippen molar-refractivity contribution in [3.8, 4) is 0 Å². The highest BCUT2D eigenvalue weighted by atomic mass is 35.5. The summed E-state index contributed by atoms with van der Waals surface area (Å²) in [7, 11) is 1.69. The smallest absolute Gasteiger partial charge is 0.177 e. The number of tetrazole rings is 1. The van der Waals surface area contributed by atoms with Gasteiger partial charge in [0.2, 0.25) is 0 Å². The third-order valence-corrected chi connectivity index (χ3v) is 3.18. The second kappa shape index (κ2) is 4.26. The normalized spacial score (nSPS) is 13.0. The van der Waals surface area contributed by atoms with Crippen LogP contribution < -0.4 is 0 Å². The van der Waals surface area contributed by atoms with Gasteiger partial charge >= 0.3 is 0 Å². The molecule has 0 aliphatic rings. The van der Waals surface area contributed by atoms with E-state index in [0.717, 1.165) is 4.88 Å². The zero-order valence-electron chi connectivity index (χ0n) is 7.96. The SMILES string of the molecule is Cn1nnc(CC(O)c2ccc(Cl)s2)n1. The van der Waals surface area contributed by atoms with E-state index in [-0.39, 0.29) is 0 Å². The van der Waals surface area contributed by atoms with Gasteiger partial charge in [-0.25, -0.2) is 0 Å². The van der Waals surface area contributed by atoms with E-state index in [0.29, 0.717) is 16.6 Å². The first-order chi connectivity index (χ1) is 7.15. The Balaban J connectivity index is 2.06. The summed E-state index contributed by atoms with van der Waals surface area (Å²) >= 11 is 7.13. The van der Waals surface area contributed by atoms with Crippen molar-refractivity contribution < 1.29 is 5.11 Å². The van der Waals surface area contributed by atoms with Gasteiger partial charge in [0, 0.05) is 11.3 Å². The zero-order valence-corrected chi connectivity index (χ0v) is 9.53. The predicted molar refractivity (Wildman–Crippen MR) is 56.8 cm³/mol. The molecule has 0 bridgehead atoms. The average molecular weight is 245 g/mol. The van der Waals surface area contributed by atoms with Gasteiger partial charge in [-0.3, -0.25) is 0 Å². The first kappa shape index (κ1) is 10.5. The maximum absolute atomic E-state index is 9.83. The van der Waals surface area contributed by atoms with E-state index in [4.69, 9.17) is 11.6 Å². The largest absolute Gasteiger partial charge is 0.387 e. The first-order valence-corrected chi connectivity index (χ1v) is 5.51. The Labute approximate surface area is 95.3 Å². The number of thiophene rings is 1. The highest BCUT2D eigenvalue weighted by Gasteiger charge is 2.13. The maximum Gasteiger partial charge on any atom is 0.177 e. The summed E-state index contributed by atoms with van der Waals surface area (Å²) in [6, 6.07) is 3.56. The number of aliphatic hydroxyl groups excluding tert-OH is 1. The lowest BCUT2D eigenvalue weighted by atomic mass is 10.2. The molecule has 80 valence electrons. The summed E-state index contributed by atoms with van der Waals surface area (Å²) in [6.07, 6.45) is -0.267. The second-order valence-electron chi connectivity index (χ2n) is 3.06. The Hall–Kier alpha value is -0.980. The van der Waals surface area contributed by atoms with Gasteiger partial charge in [0.05, 0.1) is 17.5 Å². The molecule has 7 heteroatoms. The molecule has 0 spiro atoms. The van der Waals surface area contributed by atoms with Crippen LogP contribution in [0.15, 0.2) is 12.1 Å². The molecule has 0 aromatic carbocycles. The van der Waals surface area contributed by atoms with Gasteiger partial charge in [0.15, 0.2) is 5.82 Å². The fourth-order valence-corrected chi connectivity index (χ4v) is 2.23. The van der Waals surface area contributed by atoms with Gasteiger partial charge in [-0.15, -0.1) is 21.5 Å². The summed E-state index contributed by atoms with van der Waals surface area (Å²) in [4.78, 5) is 2.18. The highest BCUT2D eigenvalue weighted by molar-refractivity contribution is 7.16. The minimum absolute atomic E-state index is 0.352. The summed E-state index contributed by atoms with van der Waals surface area (Å²) < 4.78 is 0.663. The molecule has 5 nitrogen and oxygen atoms in total. The monoisotopic (exact) mass is 244 g/mol. The highest BCUT2D eigenvalue weighted by Crippen LogP contribution is 2.28. The van der Waals surface area contributed by atoms with Crippen molar-refractivity contribution in [3.63, 3.8) is 0 Å². The number of aromatic nitrogens is 4. The van der Waals surface area contributed by atoms with E-state index < -0.39 is 6.10 Å². The molecule has 0 saturated heterocycles. The fraction of sp³-hybridized carbons (Fsp3) is 0.375. The van der Waals surface area contributed by atoms with Crippen molar-refractivity contribution in [3.05, 3.63) is 27.2 Å². The van der Waals surface area contributed by atoms with Crippen molar-refractivity contribution in [2.24, 2.45) is 7.05 Å². The fourth-order valence-electron chi connectivity index (χ4n) is 1.19. The van der Waals surface area contributed by atoms with Crippen LogP contribution in [-0.4, -0.2) is 25.3 Å². The lowest BCUT2D eigenvalue weighted by Crippen LogP contribution is -2.02. The molecule has 0 aliphatic carbocycles. The number of hydrogen-bond acceptors (Lipinski definition) is 5. The van der Waals surface area contributed by atoms with Gasteiger partial charge < -0.3 is 5.11 Å². The Kier molecular flexibility index (Phi) is 2.99. The molecule has 2 aromatic rings. The van der Waals surface area contributed by atoms with Crippen molar-refractivity contribution >= 4 is 22.9 Å². The first-order valence-electron chi connectivity index (χ1n) is 4.31. The quantitative estimate of drug-likeness (QED) is 0.881. The van der Waals surface area contributed by atoms with Crippen LogP contribution in [0.4, 0.5) is 0 Å². The maximum atomic E-state index is 9.83. The average Bonchev–Trinajstić information content (AvgIpc) is 2.75. The number of nitrogens with zero attached hydrogens (tertiary/aromatic N) is 4. The molecule has 2 heterocycles. The van der Waals surface area contributed by atoms with E-state index in [1.54, 1.807) is 19.2 Å². The van der Waals surface area contributed by atoms with Gasteiger partial charge in [0.25, 0.3) is 0 Å². The Morgan fingerprint density at radius 3 is 2.93 bits per heavy atom. The van der Waals surface area contributed by atoms with E-state index in [1.165, 1.54) is 16.1 Å². The van der Waals surface area contributed by atoms with E-state index in [2.05, 4.69) is 15.4 Å². The predicted octanol–water partition coefficient (Wildman–Crippen LogP) is 1.20. The van der Waals surface area contributed by atoms with Crippen molar-refractivity contribution in [1.82, 2.24) is 20.2 Å². The molecule has 0 amide bonds. The van der Waals surface area contributed by atoms with Gasteiger partial charge in [-0.2, -0.15) is 4.80 Å². The van der Waals surface area contributed by atoms with Gasteiger partial charge in [0.1, 0.15) is 0 Å². The molecule has 1 unspecified atom stereocenters. The van der Waals surface area contributed by atoms with E-state index in [1.807, 2.05) is 0 Å². The summed E-state index contributed by atoms with van der Waals surface area (Å²) in [5.74, 6) is 0.523. The minimum atomic E-state index is -0.619. The van der Waals surface area contributed by atoms with E-state index in [9.17, 15) is 5.11 Å². The standard InChI is InChI=1S/C8H9ClN4OS/c1-13-11-8(10-12-13)4-5(14)6-2-3-7(9)15-6/h2-3,5,14H,4H2,1H3.